The van der Waals surface area contributed by atoms with Crippen molar-refractivity contribution in [1.82, 2.24) is 15.3 Å². The van der Waals surface area contributed by atoms with E-state index in [-0.39, 0.29) is 17.8 Å². The first-order valence-electron chi connectivity index (χ1n) is 7.59. The second-order valence-electron chi connectivity index (χ2n) is 5.58. The molecule has 1 aromatic rings. The van der Waals surface area contributed by atoms with E-state index in [1.54, 1.807) is 18.3 Å². The fourth-order valence-corrected chi connectivity index (χ4v) is 3.42. The minimum absolute atomic E-state index is 0.239. The topological polar surface area (TPSA) is 95.4 Å². The number of amides is 2. The average molecular weight is 334 g/mol. The van der Waals surface area contributed by atoms with E-state index in [0.29, 0.717) is 22.5 Å². The number of anilines is 1. The normalized spacial score (nSPS) is 21.1. The zero-order valence-corrected chi connectivity index (χ0v) is 13.4. The standard InChI is InChI=1S/C15H18N4O3S/c20-8-4-10-2-6-19(7-3-10)14-16-5-1-11(17-14)9-12-13(21)18-15(22)23-12/h1,5,9-10,20H,2-4,6-8H2,(H,18,21,22)/b12-9+. The minimum Gasteiger partial charge on any atom is -0.396 e. The zero-order chi connectivity index (χ0) is 16.2. The fraction of sp³-hybridized carbons (Fsp3) is 0.467. The number of thioether (sulfide) groups is 1. The van der Waals surface area contributed by atoms with Crippen LogP contribution in [0.5, 0.6) is 0 Å². The molecule has 0 spiro atoms. The molecule has 0 bridgehead atoms. The molecule has 0 radical (unpaired) electrons. The molecule has 2 N–H and O–H groups in total. The van der Waals surface area contributed by atoms with Crippen molar-refractivity contribution in [3.63, 3.8) is 0 Å². The molecule has 3 rings (SSSR count). The lowest BCUT2D eigenvalue weighted by Crippen LogP contribution is -2.35. The van der Waals surface area contributed by atoms with Gasteiger partial charge in [0.15, 0.2) is 0 Å². The first kappa shape index (κ1) is 15.9. The van der Waals surface area contributed by atoms with Crippen LogP contribution in [-0.4, -0.2) is 45.9 Å². The van der Waals surface area contributed by atoms with Gasteiger partial charge in [-0.05, 0) is 49.1 Å². The first-order chi connectivity index (χ1) is 11.2. The Balaban J connectivity index is 1.70. The van der Waals surface area contributed by atoms with Crippen LogP contribution in [0.2, 0.25) is 0 Å². The summed E-state index contributed by atoms with van der Waals surface area (Å²) in [5.74, 6) is 0.813. The number of piperidine rings is 1. The lowest BCUT2D eigenvalue weighted by Gasteiger charge is -2.31. The van der Waals surface area contributed by atoms with Gasteiger partial charge in [0.25, 0.3) is 11.1 Å². The maximum Gasteiger partial charge on any atom is 0.290 e. The minimum atomic E-state index is -0.384. The molecule has 8 heteroatoms. The van der Waals surface area contributed by atoms with Crippen molar-refractivity contribution in [2.45, 2.75) is 19.3 Å². The molecule has 0 aromatic carbocycles. The molecule has 7 nitrogen and oxygen atoms in total. The Labute approximate surface area is 138 Å². The van der Waals surface area contributed by atoms with Crippen LogP contribution in [-0.2, 0) is 4.79 Å². The number of aromatic nitrogens is 2. The molecule has 2 aliphatic heterocycles. The molecular weight excluding hydrogens is 316 g/mol. The lowest BCUT2D eigenvalue weighted by molar-refractivity contribution is -0.115. The monoisotopic (exact) mass is 334 g/mol. The highest BCUT2D eigenvalue weighted by atomic mass is 32.2. The van der Waals surface area contributed by atoms with E-state index in [1.807, 2.05) is 0 Å². The van der Waals surface area contributed by atoms with Crippen molar-refractivity contribution in [2.75, 3.05) is 24.6 Å². The average Bonchev–Trinajstić information content (AvgIpc) is 2.86. The van der Waals surface area contributed by atoms with Crippen LogP contribution in [0.4, 0.5) is 10.7 Å². The molecule has 2 aliphatic rings. The van der Waals surface area contributed by atoms with Crippen LogP contribution < -0.4 is 10.2 Å². The van der Waals surface area contributed by atoms with Gasteiger partial charge in [-0.2, -0.15) is 0 Å². The van der Waals surface area contributed by atoms with E-state index in [9.17, 15) is 9.59 Å². The molecule has 3 heterocycles. The molecule has 1 aromatic heterocycles. The van der Waals surface area contributed by atoms with Gasteiger partial charge in [0.05, 0.1) is 10.6 Å². The highest BCUT2D eigenvalue weighted by molar-refractivity contribution is 8.18. The molecule has 0 saturated carbocycles. The van der Waals surface area contributed by atoms with Gasteiger partial charge in [-0.15, -0.1) is 0 Å². The summed E-state index contributed by atoms with van der Waals surface area (Å²) in [4.78, 5) is 34.0. The van der Waals surface area contributed by atoms with Crippen LogP contribution in [0, 0.1) is 5.92 Å². The summed E-state index contributed by atoms with van der Waals surface area (Å²) in [7, 11) is 0. The quantitative estimate of drug-likeness (QED) is 0.804. The number of carbonyl (C=O) groups excluding carboxylic acids is 2. The van der Waals surface area contributed by atoms with E-state index >= 15 is 0 Å². The molecule has 2 amide bonds. The van der Waals surface area contributed by atoms with Crippen molar-refractivity contribution < 1.29 is 14.7 Å². The Kier molecular flexibility index (Phi) is 4.92. The maximum absolute atomic E-state index is 11.6. The summed E-state index contributed by atoms with van der Waals surface area (Å²) in [5.41, 5.74) is 0.611. The van der Waals surface area contributed by atoms with E-state index in [2.05, 4.69) is 20.2 Å². The second-order valence-corrected chi connectivity index (χ2v) is 6.59. The van der Waals surface area contributed by atoms with Gasteiger partial charge in [0.2, 0.25) is 5.95 Å². The molecule has 0 unspecified atom stereocenters. The Bertz CT molecular complexity index is 641. The highest BCUT2D eigenvalue weighted by Gasteiger charge is 2.25. The smallest absolute Gasteiger partial charge is 0.290 e. The van der Waals surface area contributed by atoms with Gasteiger partial charge < -0.3 is 10.0 Å². The van der Waals surface area contributed by atoms with E-state index in [4.69, 9.17) is 5.11 Å². The molecule has 2 fully saturated rings. The molecule has 0 aliphatic carbocycles. The third kappa shape index (κ3) is 3.89. The first-order valence-corrected chi connectivity index (χ1v) is 8.41. The zero-order valence-electron chi connectivity index (χ0n) is 12.6. The summed E-state index contributed by atoms with van der Waals surface area (Å²) in [6, 6.07) is 1.71. The fourth-order valence-electron chi connectivity index (χ4n) is 2.75. The van der Waals surface area contributed by atoms with Gasteiger partial charge >= 0.3 is 0 Å². The summed E-state index contributed by atoms with van der Waals surface area (Å²) in [5, 5.41) is 10.9. The number of imide groups is 1. The highest BCUT2D eigenvalue weighted by Crippen LogP contribution is 2.26. The third-order valence-electron chi connectivity index (χ3n) is 4.02. The van der Waals surface area contributed by atoms with Crippen LogP contribution in [0.3, 0.4) is 0 Å². The number of nitrogens with zero attached hydrogens (tertiary/aromatic N) is 3. The third-order valence-corrected chi connectivity index (χ3v) is 4.83. The summed E-state index contributed by atoms with van der Waals surface area (Å²) in [6.07, 6.45) is 6.15. The predicted molar refractivity (Wildman–Crippen MR) is 87.8 cm³/mol. The summed E-state index contributed by atoms with van der Waals surface area (Å²) < 4.78 is 0. The van der Waals surface area contributed by atoms with Gasteiger partial charge in [-0.1, -0.05) is 0 Å². The van der Waals surface area contributed by atoms with Crippen LogP contribution >= 0.6 is 11.8 Å². The SMILES string of the molecule is O=C1NC(=O)/C(=C\c2ccnc(N3CCC(CCO)CC3)n2)S1. The summed E-state index contributed by atoms with van der Waals surface area (Å²) >= 11 is 0.880. The molecule has 2 saturated heterocycles. The second kappa shape index (κ2) is 7.10. The number of nitrogens with one attached hydrogen (secondary N) is 1. The molecule has 23 heavy (non-hydrogen) atoms. The van der Waals surface area contributed by atoms with E-state index in [0.717, 1.165) is 44.1 Å². The molecule has 0 atom stereocenters. The largest absolute Gasteiger partial charge is 0.396 e. The van der Waals surface area contributed by atoms with Gasteiger partial charge in [0.1, 0.15) is 0 Å². The number of aliphatic hydroxyl groups is 1. The number of hydrogen-bond donors (Lipinski definition) is 2. The van der Waals surface area contributed by atoms with Crippen LogP contribution in [0.15, 0.2) is 17.2 Å². The number of hydrogen-bond acceptors (Lipinski definition) is 7. The summed E-state index contributed by atoms with van der Waals surface area (Å²) in [6.45, 7) is 1.96. The van der Waals surface area contributed by atoms with E-state index in [1.165, 1.54) is 0 Å². The van der Waals surface area contributed by atoms with E-state index < -0.39 is 0 Å². The number of aliphatic hydroxyl groups excluding tert-OH is 1. The van der Waals surface area contributed by atoms with Crippen molar-refractivity contribution in [3.05, 3.63) is 22.9 Å². The van der Waals surface area contributed by atoms with Crippen molar-refractivity contribution in [3.8, 4) is 0 Å². The van der Waals surface area contributed by atoms with Gasteiger partial charge in [-0.25, -0.2) is 9.97 Å². The Hall–Kier alpha value is -1.93. The predicted octanol–water partition coefficient (Wildman–Crippen LogP) is 1.40. The number of rotatable bonds is 4. The van der Waals surface area contributed by atoms with Crippen molar-refractivity contribution in [2.24, 2.45) is 5.92 Å². The lowest BCUT2D eigenvalue weighted by atomic mass is 9.94. The Morgan fingerprint density at radius 1 is 1.39 bits per heavy atom. The Morgan fingerprint density at radius 3 is 2.83 bits per heavy atom. The van der Waals surface area contributed by atoms with Crippen molar-refractivity contribution >= 4 is 34.9 Å². The van der Waals surface area contributed by atoms with Crippen LogP contribution in [0.1, 0.15) is 25.0 Å². The van der Waals surface area contributed by atoms with Crippen LogP contribution in [0.25, 0.3) is 6.08 Å². The maximum atomic E-state index is 11.6. The Morgan fingerprint density at radius 2 is 2.17 bits per heavy atom. The molecule has 122 valence electrons. The van der Waals surface area contributed by atoms with Gasteiger partial charge in [-0.3, -0.25) is 14.9 Å². The molecular formula is C15H18N4O3S. The van der Waals surface area contributed by atoms with Gasteiger partial charge in [0, 0.05) is 25.9 Å². The van der Waals surface area contributed by atoms with Crippen molar-refractivity contribution in [1.29, 1.82) is 0 Å². The number of carbonyl (C=O) groups is 2.